The van der Waals surface area contributed by atoms with Crippen LogP contribution in [-0.2, 0) is 4.79 Å². The van der Waals surface area contributed by atoms with E-state index in [4.69, 9.17) is 5.11 Å². The molecule has 0 bridgehead atoms. The number of halogens is 1. The van der Waals surface area contributed by atoms with Crippen LogP contribution < -0.4 is 0 Å². The van der Waals surface area contributed by atoms with Gasteiger partial charge in [-0.25, -0.2) is 0 Å². The third-order valence-electron chi connectivity index (χ3n) is 3.56. The van der Waals surface area contributed by atoms with E-state index in [0.717, 1.165) is 22.0 Å². The van der Waals surface area contributed by atoms with Gasteiger partial charge in [0.2, 0.25) is 0 Å². The van der Waals surface area contributed by atoms with Crippen molar-refractivity contribution in [3.63, 3.8) is 0 Å². The van der Waals surface area contributed by atoms with Crippen molar-refractivity contribution >= 4 is 34.5 Å². The molecule has 1 aliphatic carbocycles. The zero-order valence-corrected chi connectivity index (χ0v) is 13.8. The van der Waals surface area contributed by atoms with E-state index < -0.39 is 11.9 Å². The molecule has 1 amide bonds. The minimum Gasteiger partial charge on any atom is -0.481 e. The molecular formula is C15H18INO3. The maximum atomic E-state index is 12.7. The van der Waals surface area contributed by atoms with Gasteiger partial charge in [-0.3, -0.25) is 9.59 Å². The van der Waals surface area contributed by atoms with Crippen LogP contribution >= 0.6 is 22.6 Å². The molecule has 1 aromatic carbocycles. The molecule has 1 aliphatic rings. The molecule has 0 aromatic heterocycles. The first kappa shape index (κ1) is 15.3. The van der Waals surface area contributed by atoms with Gasteiger partial charge in [-0.2, -0.15) is 0 Å². The molecule has 0 aliphatic heterocycles. The summed E-state index contributed by atoms with van der Waals surface area (Å²) in [6.45, 7) is 3.90. The molecule has 108 valence electrons. The molecule has 5 heteroatoms. The zero-order valence-electron chi connectivity index (χ0n) is 11.6. The van der Waals surface area contributed by atoms with Gasteiger partial charge >= 0.3 is 5.97 Å². The number of hydrogen-bond acceptors (Lipinski definition) is 2. The molecule has 0 spiro atoms. The summed E-state index contributed by atoms with van der Waals surface area (Å²) in [7, 11) is 0. The second-order valence-corrected chi connectivity index (χ2v) is 6.44. The lowest BCUT2D eigenvalue weighted by atomic mass is 10.1. The van der Waals surface area contributed by atoms with Crippen LogP contribution in [-0.4, -0.2) is 34.5 Å². The first-order chi connectivity index (χ1) is 9.41. The lowest BCUT2D eigenvalue weighted by molar-refractivity contribution is -0.141. The van der Waals surface area contributed by atoms with Gasteiger partial charge in [0.1, 0.15) is 0 Å². The summed E-state index contributed by atoms with van der Waals surface area (Å²) >= 11 is 2.18. The van der Waals surface area contributed by atoms with Crippen molar-refractivity contribution in [3.8, 4) is 0 Å². The molecule has 1 atom stereocenters. The lowest BCUT2D eigenvalue weighted by Gasteiger charge is -2.25. The Morgan fingerprint density at radius 1 is 1.45 bits per heavy atom. The minimum absolute atomic E-state index is 0.0475. The number of carboxylic acid groups (broad SMARTS) is 1. The van der Waals surface area contributed by atoms with Crippen LogP contribution in [0.3, 0.4) is 0 Å². The SMILES string of the molecule is Cc1cccc(C(=O)N(CC(C)C(=O)O)C2CC2)c1I. The number of carbonyl (C=O) groups excluding carboxylic acids is 1. The maximum absolute atomic E-state index is 12.7. The first-order valence-electron chi connectivity index (χ1n) is 6.70. The lowest BCUT2D eigenvalue weighted by Crippen LogP contribution is -2.39. The maximum Gasteiger partial charge on any atom is 0.308 e. The van der Waals surface area contributed by atoms with Gasteiger partial charge in [0, 0.05) is 16.2 Å². The molecule has 1 unspecified atom stereocenters. The van der Waals surface area contributed by atoms with E-state index in [1.807, 2.05) is 25.1 Å². The Kier molecular flexibility index (Phi) is 4.67. The fourth-order valence-corrected chi connectivity index (χ4v) is 2.71. The number of benzene rings is 1. The van der Waals surface area contributed by atoms with E-state index >= 15 is 0 Å². The molecule has 0 saturated heterocycles. The summed E-state index contributed by atoms with van der Waals surface area (Å²) in [6.07, 6.45) is 1.95. The van der Waals surface area contributed by atoms with Gasteiger partial charge in [-0.15, -0.1) is 0 Å². The number of carboxylic acids is 1. The number of rotatable bonds is 5. The monoisotopic (exact) mass is 387 g/mol. The van der Waals surface area contributed by atoms with Gasteiger partial charge in [0.25, 0.3) is 5.91 Å². The molecule has 1 aromatic rings. The number of carbonyl (C=O) groups is 2. The Labute approximate surface area is 132 Å². The van der Waals surface area contributed by atoms with E-state index in [9.17, 15) is 9.59 Å². The summed E-state index contributed by atoms with van der Waals surface area (Å²) in [5, 5.41) is 9.04. The van der Waals surface area contributed by atoms with Crippen LogP contribution in [0.2, 0.25) is 0 Å². The zero-order chi connectivity index (χ0) is 14.9. The summed E-state index contributed by atoms with van der Waals surface area (Å²) < 4.78 is 0.948. The average Bonchev–Trinajstić information content (AvgIpc) is 3.22. The Morgan fingerprint density at radius 2 is 2.10 bits per heavy atom. The van der Waals surface area contributed by atoms with E-state index in [1.54, 1.807) is 11.8 Å². The fraction of sp³-hybridized carbons (Fsp3) is 0.467. The summed E-state index contributed by atoms with van der Waals surface area (Å²) in [5.74, 6) is -1.45. The molecule has 0 radical (unpaired) electrons. The molecule has 0 heterocycles. The number of nitrogens with zero attached hydrogens (tertiary/aromatic N) is 1. The van der Waals surface area contributed by atoms with Crippen molar-refractivity contribution in [2.75, 3.05) is 6.54 Å². The highest BCUT2D eigenvalue weighted by Crippen LogP contribution is 2.30. The van der Waals surface area contributed by atoms with Crippen LogP contribution in [0.1, 0.15) is 35.7 Å². The quantitative estimate of drug-likeness (QED) is 0.791. The smallest absolute Gasteiger partial charge is 0.308 e. The van der Waals surface area contributed by atoms with E-state index in [1.165, 1.54) is 0 Å². The Hall–Kier alpha value is -1.11. The van der Waals surface area contributed by atoms with Crippen LogP contribution in [0.4, 0.5) is 0 Å². The number of aryl methyl sites for hydroxylation is 1. The highest BCUT2D eigenvalue weighted by Gasteiger charge is 2.35. The van der Waals surface area contributed by atoms with Crippen molar-refractivity contribution in [2.45, 2.75) is 32.7 Å². The number of hydrogen-bond donors (Lipinski definition) is 1. The third kappa shape index (κ3) is 3.31. The van der Waals surface area contributed by atoms with Gasteiger partial charge < -0.3 is 10.0 Å². The highest BCUT2D eigenvalue weighted by atomic mass is 127. The predicted molar refractivity (Wildman–Crippen MR) is 84.8 cm³/mol. The predicted octanol–water partition coefficient (Wildman–Crippen LogP) is 2.92. The largest absolute Gasteiger partial charge is 0.481 e. The van der Waals surface area contributed by atoms with Crippen molar-refractivity contribution in [3.05, 3.63) is 32.9 Å². The second-order valence-electron chi connectivity index (χ2n) is 5.36. The number of amides is 1. The van der Waals surface area contributed by atoms with Crippen LogP contribution in [0.5, 0.6) is 0 Å². The van der Waals surface area contributed by atoms with E-state index in [0.29, 0.717) is 5.56 Å². The molecule has 20 heavy (non-hydrogen) atoms. The molecule has 1 fully saturated rings. The molecular weight excluding hydrogens is 369 g/mol. The third-order valence-corrected chi connectivity index (χ3v) is 4.99. The summed E-state index contributed by atoms with van der Waals surface area (Å²) in [5.41, 5.74) is 1.74. The molecule has 1 saturated carbocycles. The molecule has 2 rings (SSSR count). The van der Waals surface area contributed by atoms with Crippen LogP contribution in [0.15, 0.2) is 18.2 Å². The average molecular weight is 387 g/mol. The van der Waals surface area contributed by atoms with E-state index in [-0.39, 0.29) is 18.5 Å². The Morgan fingerprint density at radius 3 is 2.65 bits per heavy atom. The normalized spacial score (nSPS) is 15.8. The fourth-order valence-electron chi connectivity index (χ4n) is 2.12. The molecule has 1 N–H and O–H groups in total. The van der Waals surface area contributed by atoms with E-state index in [2.05, 4.69) is 22.6 Å². The van der Waals surface area contributed by atoms with Gasteiger partial charge in [-0.05, 0) is 54.0 Å². The topological polar surface area (TPSA) is 57.6 Å². The van der Waals surface area contributed by atoms with Gasteiger partial charge in [0.05, 0.1) is 11.5 Å². The van der Waals surface area contributed by atoms with Crippen LogP contribution in [0, 0.1) is 16.4 Å². The Balaban J connectivity index is 2.23. The van der Waals surface area contributed by atoms with Crippen molar-refractivity contribution in [2.24, 2.45) is 5.92 Å². The van der Waals surface area contributed by atoms with Crippen molar-refractivity contribution in [1.29, 1.82) is 0 Å². The summed E-state index contributed by atoms with van der Waals surface area (Å²) in [6, 6.07) is 5.87. The van der Waals surface area contributed by atoms with Gasteiger partial charge in [-0.1, -0.05) is 19.1 Å². The molecule has 4 nitrogen and oxygen atoms in total. The minimum atomic E-state index is -0.859. The Bertz CT molecular complexity index is 540. The van der Waals surface area contributed by atoms with Crippen molar-refractivity contribution < 1.29 is 14.7 Å². The van der Waals surface area contributed by atoms with Gasteiger partial charge in [0.15, 0.2) is 0 Å². The summed E-state index contributed by atoms with van der Waals surface area (Å²) in [4.78, 5) is 25.4. The van der Waals surface area contributed by atoms with Crippen LogP contribution in [0.25, 0.3) is 0 Å². The van der Waals surface area contributed by atoms with Crippen molar-refractivity contribution in [1.82, 2.24) is 4.90 Å². The highest BCUT2D eigenvalue weighted by molar-refractivity contribution is 14.1. The number of aliphatic carboxylic acids is 1. The first-order valence-corrected chi connectivity index (χ1v) is 7.78. The second kappa shape index (κ2) is 6.11. The standard InChI is InChI=1S/C15H18INO3/c1-9-4-3-5-12(13(9)16)14(18)17(11-6-7-11)8-10(2)15(19)20/h3-5,10-11H,6-8H2,1-2H3,(H,19,20).